The summed E-state index contributed by atoms with van der Waals surface area (Å²) >= 11 is 1.09. The molecular formula is C13H22N2O3S. The highest BCUT2D eigenvalue weighted by molar-refractivity contribution is 8.14. The molecule has 0 unspecified atom stereocenters. The number of nitrogens with one attached hydrogen (secondary N) is 1. The molecule has 0 aliphatic carbocycles. The van der Waals surface area contributed by atoms with Crippen molar-refractivity contribution in [2.24, 2.45) is 0 Å². The zero-order valence-electron chi connectivity index (χ0n) is 11.4. The predicted octanol–water partition coefficient (Wildman–Crippen LogP) is 2.16. The van der Waals surface area contributed by atoms with Gasteiger partial charge in [0, 0.05) is 20.0 Å². The molecule has 1 saturated heterocycles. The van der Waals surface area contributed by atoms with E-state index in [1.807, 2.05) is 0 Å². The standard InChI is InChI=1S/C13H22N2O3S/c1-14-11(16)8-6-4-2-3-5-7-9-15-12(17)10-19-13(15)18/h2-10H2,1H3,(H,14,16). The zero-order valence-corrected chi connectivity index (χ0v) is 12.3. The van der Waals surface area contributed by atoms with Crippen LogP contribution in [0.4, 0.5) is 4.79 Å². The highest BCUT2D eigenvalue weighted by Gasteiger charge is 2.28. The van der Waals surface area contributed by atoms with Gasteiger partial charge >= 0.3 is 0 Å². The van der Waals surface area contributed by atoms with Crippen LogP contribution in [-0.4, -0.2) is 41.3 Å². The number of imide groups is 1. The van der Waals surface area contributed by atoms with Gasteiger partial charge in [-0.2, -0.15) is 0 Å². The fourth-order valence-electron chi connectivity index (χ4n) is 1.98. The van der Waals surface area contributed by atoms with E-state index in [1.54, 1.807) is 7.05 Å². The second-order valence-electron chi connectivity index (χ2n) is 4.64. The van der Waals surface area contributed by atoms with Gasteiger partial charge in [-0.25, -0.2) is 0 Å². The predicted molar refractivity (Wildman–Crippen MR) is 76.0 cm³/mol. The molecule has 0 aromatic carbocycles. The Balaban J connectivity index is 1.93. The largest absolute Gasteiger partial charge is 0.359 e. The first-order chi connectivity index (χ1) is 9.15. The molecule has 108 valence electrons. The Morgan fingerprint density at radius 2 is 1.79 bits per heavy atom. The van der Waals surface area contributed by atoms with E-state index >= 15 is 0 Å². The molecule has 1 heterocycles. The number of carbonyl (C=O) groups excluding carboxylic acids is 3. The van der Waals surface area contributed by atoms with Gasteiger partial charge in [0.15, 0.2) is 0 Å². The molecular weight excluding hydrogens is 264 g/mol. The SMILES string of the molecule is CNC(=O)CCCCCCCCN1C(=O)CSC1=O. The summed E-state index contributed by atoms with van der Waals surface area (Å²) in [7, 11) is 1.65. The van der Waals surface area contributed by atoms with E-state index < -0.39 is 0 Å². The van der Waals surface area contributed by atoms with Crippen molar-refractivity contribution in [2.75, 3.05) is 19.3 Å². The van der Waals surface area contributed by atoms with Crippen molar-refractivity contribution in [1.29, 1.82) is 0 Å². The van der Waals surface area contributed by atoms with Crippen molar-refractivity contribution in [1.82, 2.24) is 10.2 Å². The zero-order chi connectivity index (χ0) is 14.1. The smallest absolute Gasteiger partial charge is 0.288 e. The van der Waals surface area contributed by atoms with E-state index in [0.717, 1.165) is 50.3 Å². The lowest BCUT2D eigenvalue weighted by molar-refractivity contribution is -0.124. The van der Waals surface area contributed by atoms with Crippen LogP contribution in [0.1, 0.15) is 44.9 Å². The normalized spacial score (nSPS) is 15.1. The van der Waals surface area contributed by atoms with Gasteiger partial charge in [0.25, 0.3) is 5.24 Å². The van der Waals surface area contributed by atoms with Gasteiger partial charge in [-0.3, -0.25) is 19.3 Å². The lowest BCUT2D eigenvalue weighted by atomic mass is 10.1. The molecule has 0 atom stereocenters. The van der Waals surface area contributed by atoms with E-state index in [2.05, 4.69) is 5.32 Å². The number of amides is 3. The Hall–Kier alpha value is -1.04. The third-order valence-corrected chi connectivity index (χ3v) is 4.01. The maximum Gasteiger partial charge on any atom is 0.288 e. The Kier molecular flexibility index (Phi) is 7.55. The monoisotopic (exact) mass is 286 g/mol. The topological polar surface area (TPSA) is 66.5 Å². The number of carbonyl (C=O) groups is 3. The van der Waals surface area contributed by atoms with Crippen LogP contribution in [0, 0.1) is 0 Å². The summed E-state index contributed by atoms with van der Waals surface area (Å²) in [5.74, 6) is 0.349. The highest BCUT2D eigenvalue weighted by Crippen LogP contribution is 2.19. The average molecular weight is 286 g/mol. The minimum Gasteiger partial charge on any atom is -0.359 e. The third kappa shape index (κ3) is 6.09. The van der Waals surface area contributed by atoms with Gasteiger partial charge in [-0.1, -0.05) is 37.4 Å². The van der Waals surface area contributed by atoms with Crippen LogP contribution < -0.4 is 5.32 Å². The van der Waals surface area contributed by atoms with Crippen molar-refractivity contribution >= 4 is 28.8 Å². The lowest BCUT2D eigenvalue weighted by Gasteiger charge is -2.11. The van der Waals surface area contributed by atoms with E-state index in [0.29, 0.717) is 18.7 Å². The molecule has 1 aliphatic heterocycles. The van der Waals surface area contributed by atoms with Crippen LogP contribution in [0.3, 0.4) is 0 Å². The van der Waals surface area contributed by atoms with Crippen LogP contribution >= 0.6 is 11.8 Å². The van der Waals surface area contributed by atoms with Gasteiger partial charge in [-0.05, 0) is 12.8 Å². The molecule has 0 saturated carbocycles. The summed E-state index contributed by atoms with van der Waals surface area (Å²) < 4.78 is 0. The molecule has 19 heavy (non-hydrogen) atoms. The first-order valence-corrected chi connectivity index (χ1v) is 7.81. The Morgan fingerprint density at radius 1 is 1.16 bits per heavy atom. The molecule has 1 rings (SSSR count). The summed E-state index contributed by atoms with van der Waals surface area (Å²) in [6.07, 6.45) is 6.70. The molecule has 0 bridgehead atoms. The summed E-state index contributed by atoms with van der Waals surface area (Å²) in [6.45, 7) is 0.558. The molecule has 5 nitrogen and oxygen atoms in total. The minimum atomic E-state index is -0.101. The van der Waals surface area contributed by atoms with E-state index in [1.165, 1.54) is 4.90 Å². The number of rotatable bonds is 9. The molecule has 1 fully saturated rings. The van der Waals surface area contributed by atoms with E-state index in [-0.39, 0.29) is 17.1 Å². The number of thioether (sulfide) groups is 1. The Morgan fingerprint density at radius 3 is 2.37 bits per heavy atom. The summed E-state index contributed by atoms with van der Waals surface area (Å²) in [5.41, 5.74) is 0. The van der Waals surface area contributed by atoms with Crippen LogP contribution in [-0.2, 0) is 9.59 Å². The van der Waals surface area contributed by atoms with Gasteiger partial charge in [0.1, 0.15) is 0 Å². The fourth-order valence-corrected chi connectivity index (χ4v) is 2.74. The van der Waals surface area contributed by atoms with Crippen LogP contribution in [0.2, 0.25) is 0 Å². The van der Waals surface area contributed by atoms with Crippen molar-refractivity contribution in [2.45, 2.75) is 44.9 Å². The van der Waals surface area contributed by atoms with Crippen LogP contribution in [0.25, 0.3) is 0 Å². The molecule has 1 aliphatic rings. The first-order valence-electron chi connectivity index (χ1n) is 6.83. The molecule has 0 radical (unpaired) electrons. The van der Waals surface area contributed by atoms with Crippen molar-refractivity contribution < 1.29 is 14.4 Å². The molecule has 0 spiro atoms. The minimum absolute atomic E-state index is 0.0550. The number of hydrogen-bond acceptors (Lipinski definition) is 4. The highest BCUT2D eigenvalue weighted by atomic mass is 32.2. The first kappa shape index (κ1) is 16.0. The third-order valence-electron chi connectivity index (χ3n) is 3.15. The molecule has 0 aromatic rings. The Bertz CT molecular complexity index is 318. The average Bonchev–Trinajstić information content (AvgIpc) is 2.72. The van der Waals surface area contributed by atoms with Gasteiger partial charge in [0.2, 0.25) is 11.8 Å². The van der Waals surface area contributed by atoms with Gasteiger partial charge < -0.3 is 5.32 Å². The maximum absolute atomic E-state index is 11.3. The summed E-state index contributed by atoms with van der Waals surface area (Å²) in [5, 5.41) is 2.50. The van der Waals surface area contributed by atoms with Crippen LogP contribution in [0.15, 0.2) is 0 Å². The van der Waals surface area contributed by atoms with Crippen molar-refractivity contribution in [3.63, 3.8) is 0 Å². The van der Waals surface area contributed by atoms with Crippen molar-refractivity contribution in [3.8, 4) is 0 Å². The lowest BCUT2D eigenvalue weighted by Crippen LogP contribution is -2.29. The second kappa shape index (κ2) is 8.96. The quantitative estimate of drug-likeness (QED) is 0.660. The van der Waals surface area contributed by atoms with Gasteiger partial charge in [-0.15, -0.1) is 0 Å². The molecule has 3 amide bonds. The van der Waals surface area contributed by atoms with E-state index in [4.69, 9.17) is 0 Å². The molecule has 1 N–H and O–H groups in total. The summed E-state index contributed by atoms with van der Waals surface area (Å²) in [6, 6.07) is 0. The maximum atomic E-state index is 11.3. The fraction of sp³-hybridized carbons (Fsp3) is 0.769. The number of hydrogen-bond donors (Lipinski definition) is 1. The van der Waals surface area contributed by atoms with Crippen LogP contribution in [0.5, 0.6) is 0 Å². The van der Waals surface area contributed by atoms with Gasteiger partial charge in [0.05, 0.1) is 5.75 Å². The summed E-state index contributed by atoms with van der Waals surface area (Å²) in [4.78, 5) is 35.0. The van der Waals surface area contributed by atoms with Crippen molar-refractivity contribution in [3.05, 3.63) is 0 Å². The molecule has 0 aromatic heterocycles. The second-order valence-corrected chi connectivity index (χ2v) is 5.57. The number of nitrogens with zero attached hydrogens (tertiary/aromatic N) is 1. The Labute approximate surface area is 118 Å². The van der Waals surface area contributed by atoms with E-state index in [9.17, 15) is 14.4 Å². The number of unbranched alkanes of at least 4 members (excludes halogenated alkanes) is 5. The molecule has 6 heteroatoms.